The van der Waals surface area contributed by atoms with E-state index in [0.717, 1.165) is 50.2 Å². The van der Waals surface area contributed by atoms with Crippen LogP contribution in [0, 0.1) is 10.1 Å². The lowest BCUT2D eigenvalue weighted by Crippen LogP contribution is -2.47. The van der Waals surface area contributed by atoms with Gasteiger partial charge >= 0.3 is 5.69 Å². The number of piperazine rings is 1. The number of ether oxygens (including phenoxy) is 1. The highest BCUT2D eigenvalue weighted by molar-refractivity contribution is 5.71. The van der Waals surface area contributed by atoms with Gasteiger partial charge in [-0.25, -0.2) is 9.97 Å². The van der Waals surface area contributed by atoms with Crippen LogP contribution in [0.15, 0.2) is 30.6 Å². The fraction of sp³-hybridized carbons (Fsp3) is 0.545. The van der Waals surface area contributed by atoms with E-state index in [2.05, 4.69) is 20.2 Å². The maximum absolute atomic E-state index is 12.0. The Morgan fingerprint density at radius 1 is 1.00 bits per heavy atom. The third-order valence-corrected chi connectivity index (χ3v) is 6.20. The highest BCUT2D eigenvalue weighted by Gasteiger charge is 2.30. The van der Waals surface area contributed by atoms with Crippen molar-refractivity contribution in [3.63, 3.8) is 0 Å². The number of hydrogen-bond donors (Lipinski definition) is 1. The maximum Gasteiger partial charge on any atom is 0.353 e. The summed E-state index contributed by atoms with van der Waals surface area (Å²) in [6, 6.07) is 8.20. The molecule has 9 nitrogen and oxygen atoms in total. The van der Waals surface area contributed by atoms with Gasteiger partial charge in [0.1, 0.15) is 12.1 Å². The third-order valence-electron chi connectivity index (χ3n) is 6.20. The standard InChI is InChI=1S/C22H30N6O3/c1-31-19-10-8-18(9-11-19)26-12-14-27(15-13-26)22-20(28(29)30)21(23-16-24-22)25-17-6-4-2-3-5-7-17/h8-11,16-17H,2-7,12-15H2,1H3,(H,23,24,25). The average molecular weight is 427 g/mol. The molecule has 9 heteroatoms. The molecule has 1 aromatic heterocycles. The molecule has 1 aliphatic heterocycles. The van der Waals surface area contributed by atoms with Crippen LogP contribution in [0.4, 0.5) is 23.0 Å². The first-order valence-corrected chi connectivity index (χ1v) is 11.1. The molecular weight excluding hydrogens is 396 g/mol. The minimum atomic E-state index is -0.343. The molecule has 1 aliphatic carbocycles. The second-order valence-electron chi connectivity index (χ2n) is 8.16. The van der Waals surface area contributed by atoms with Crippen molar-refractivity contribution in [1.29, 1.82) is 0 Å². The molecule has 0 bridgehead atoms. The molecule has 31 heavy (non-hydrogen) atoms. The van der Waals surface area contributed by atoms with E-state index in [1.807, 2.05) is 29.2 Å². The van der Waals surface area contributed by atoms with Crippen LogP contribution in [0.3, 0.4) is 0 Å². The van der Waals surface area contributed by atoms with Crippen LogP contribution >= 0.6 is 0 Å². The molecule has 0 atom stereocenters. The van der Waals surface area contributed by atoms with Gasteiger partial charge in [-0.05, 0) is 37.1 Å². The molecule has 2 heterocycles. The lowest BCUT2D eigenvalue weighted by molar-refractivity contribution is -0.383. The van der Waals surface area contributed by atoms with E-state index >= 15 is 0 Å². The van der Waals surface area contributed by atoms with Gasteiger partial charge in [0, 0.05) is 37.9 Å². The topological polar surface area (TPSA) is 96.7 Å². The molecule has 166 valence electrons. The fourth-order valence-electron chi connectivity index (χ4n) is 4.46. The summed E-state index contributed by atoms with van der Waals surface area (Å²) < 4.78 is 5.23. The lowest BCUT2D eigenvalue weighted by atomic mass is 10.1. The highest BCUT2D eigenvalue weighted by Crippen LogP contribution is 2.34. The zero-order chi connectivity index (χ0) is 21.6. The molecule has 1 saturated heterocycles. The van der Waals surface area contributed by atoms with Crippen molar-refractivity contribution < 1.29 is 9.66 Å². The van der Waals surface area contributed by atoms with Crippen LogP contribution in [0.25, 0.3) is 0 Å². The predicted octanol–water partition coefficient (Wildman–Crippen LogP) is 3.85. The number of nitrogens with zero attached hydrogens (tertiary/aromatic N) is 5. The number of hydrogen-bond acceptors (Lipinski definition) is 8. The first-order chi connectivity index (χ1) is 15.2. The van der Waals surface area contributed by atoms with E-state index in [0.29, 0.717) is 24.7 Å². The Bertz CT molecular complexity index is 875. The van der Waals surface area contributed by atoms with Crippen molar-refractivity contribution in [2.45, 2.75) is 44.6 Å². The average Bonchev–Trinajstić information content (AvgIpc) is 3.08. The van der Waals surface area contributed by atoms with E-state index in [1.54, 1.807) is 7.11 Å². The van der Waals surface area contributed by atoms with Crippen LogP contribution in [0.2, 0.25) is 0 Å². The molecule has 4 rings (SSSR count). The monoisotopic (exact) mass is 426 g/mol. The minimum absolute atomic E-state index is 0.00959. The summed E-state index contributed by atoms with van der Waals surface area (Å²) in [5, 5.41) is 15.3. The zero-order valence-corrected chi connectivity index (χ0v) is 18.0. The van der Waals surface area contributed by atoms with Gasteiger partial charge in [-0.1, -0.05) is 25.7 Å². The zero-order valence-electron chi connectivity index (χ0n) is 18.0. The molecule has 0 spiro atoms. The molecule has 2 fully saturated rings. The van der Waals surface area contributed by atoms with Gasteiger partial charge in [-0.2, -0.15) is 0 Å². The first-order valence-electron chi connectivity index (χ1n) is 11.1. The lowest BCUT2D eigenvalue weighted by Gasteiger charge is -2.36. The largest absolute Gasteiger partial charge is 0.497 e. The van der Waals surface area contributed by atoms with Crippen LogP contribution in [0.1, 0.15) is 38.5 Å². The van der Waals surface area contributed by atoms with Gasteiger partial charge in [0.15, 0.2) is 0 Å². The van der Waals surface area contributed by atoms with E-state index in [1.165, 1.54) is 19.2 Å². The Morgan fingerprint density at radius 2 is 1.65 bits per heavy atom. The predicted molar refractivity (Wildman–Crippen MR) is 121 cm³/mol. The number of rotatable bonds is 6. The Balaban J connectivity index is 1.48. The summed E-state index contributed by atoms with van der Waals surface area (Å²) >= 11 is 0. The van der Waals surface area contributed by atoms with Crippen LogP contribution in [-0.4, -0.2) is 54.2 Å². The van der Waals surface area contributed by atoms with Crippen LogP contribution < -0.4 is 19.9 Å². The van der Waals surface area contributed by atoms with Crippen molar-refractivity contribution >= 4 is 23.0 Å². The highest BCUT2D eigenvalue weighted by atomic mass is 16.6. The summed E-state index contributed by atoms with van der Waals surface area (Å²) in [7, 11) is 1.65. The minimum Gasteiger partial charge on any atom is -0.497 e. The van der Waals surface area contributed by atoms with Gasteiger partial charge < -0.3 is 19.9 Å². The Morgan fingerprint density at radius 3 is 2.26 bits per heavy atom. The summed E-state index contributed by atoms with van der Waals surface area (Å²) in [6.45, 7) is 2.84. The number of nitrogens with one attached hydrogen (secondary N) is 1. The fourth-order valence-corrected chi connectivity index (χ4v) is 4.46. The van der Waals surface area contributed by atoms with E-state index in [9.17, 15) is 10.1 Å². The molecular formula is C22H30N6O3. The third kappa shape index (κ3) is 4.98. The summed E-state index contributed by atoms with van der Waals surface area (Å²) in [5.74, 6) is 1.58. The van der Waals surface area contributed by atoms with Gasteiger partial charge in [0.25, 0.3) is 0 Å². The van der Waals surface area contributed by atoms with Crippen molar-refractivity contribution in [1.82, 2.24) is 9.97 Å². The van der Waals surface area contributed by atoms with Gasteiger partial charge in [0.2, 0.25) is 11.6 Å². The molecule has 0 amide bonds. The molecule has 0 unspecified atom stereocenters. The Hall–Kier alpha value is -3.10. The molecule has 2 aromatic rings. The molecule has 1 aromatic carbocycles. The second kappa shape index (κ2) is 9.80. The number of methoxy groups -OCH3 is 1. The quantitative estimate of drug-likeness (QED) is 0.423. The Kier molecular flexibility index (Phi) is 6.69. The molecule has 1 N–H and O–H groups in total. The smallest absolute Gasteiger partial charge is 0.353 e. The summed E-state index contributed by atoms with van der Waals surface area (Å²) in [4.78, 5) is 24.5. The second-order valence-corrected chi connectivity index (χ2v) is 8.16. The molecule has 0 radical (unpaired) electrons. The van der Waals surface area contributed by atoms with Gasteiger partial charge in [-0.15, -0.1) is 0 Å². The van der Waals surface area contributed by atoms with Crippen molar-refractivity contribution in [2.75, 3.05) is 48.4 Å². The number of anilines is 3. The van der Waals surface area contributed by atoms with Crippen LogP contribution in [-0.2, 0) is 0 Å². The van der Waals surface area contributed by atoms with E-state index in [4.69, 9.17) is 4.74 Å². The summed E-state index contributed by atoms with van der Waals surface area (Å²) in [5.41, 5.74) is 1.11. The number of aromatic nitrogens is 2. The first kappa shape index (κ1) is 21.1. The van der Waals surface area contributed by atoms with Crippen molar-refractivity contribution in [3.05, 3.63) is 40.7 Å². The number of benzene rings is 1. The normalized spacial score (nSPS) is 17.8. The van der Waals surface area contributed by atoms with Gasteiger partial charge in [-0.3, -0.25) is 10.1 Å². The van der Waals surface area contributed by atoms with Crippen molar-refractivity contribution in [2.24, 2.45) is 0 Å². The van der Waals surface area contributed by atoms with Gasteiger partial charge in [0.05, 0.1) is 12.0 Å². The maximum atomic E-state index is 12.0. The molecule has 1 saturated carbocycles. The Labute approximate surface area is 182 Å². The van der Waals surface area contributed by atoms with Crippen LogP contribution in [0.5, 0.6) is 5.75 Å². The molecule has 2 aliphatic rings. The van der Waals surface area contributed by atoms with Crippen molar-refractivity contribution in [3.8, 4) is 5.75 Å². The van der Waals surface area contributed by atoms with E-state index in [-0.39, 0.29) is 16.7 Å². The SMILES string of the molecule is COc1ccc(N2CCN(c3ncnc(NC4CCCCCC4)c3[N+](=O)[O-])CC2)cc1. The van der Waals surface area contributed by atoms with E-state index < -0.39 is 0 Å². The number of nitro groups is 1. The summed E-state index contributed by atoms with van der Waals surface area (Å²) in [6.07, 6.45) is 8.25.